The predicted octanol–water partition coefficient (Wildman–Crippen LogP) is 5.61. The highest BCUT2D eigenvalue weighted by Gasteiger charge is 2.07. The third-order valence-electron chi connectivity index (χ3n) is 1.80. The molecule has 0 aliphatic carbocycles. The molecule has 0 bridgehead atoms. The number of hydrogen-bond donors (Lipinski definition) is 0. The molecule has 0 aromatic carbocycles. The Morgan fingerprint density at radius 3 is 1.50 bits per heavy atom. The van der Waals surface area contributed by atoms with Gasteiger partial charge < -0.3 is 0 Å². The molecule has 2 unspecified atom stereocenters. The highest BCUT2D eigenvalue weighted by molar-refractivity contribution is 4.57. The molecule has 14 heavy (non-hydrogen) atoms. The molecule has 2 atom stereocenters. The molecule has 0 heterocycles. The molecule has 0 radical (unpaired) electrons. The summed E-state index contributed by atoms with van der Waals surface area (Å²) in [5.74, 6) is 0.556. The Kier molecular flexibility index (Phi) is 26.0. The number of rotatable bonds is 4. The first-order valence-electron chi connectivity index (χ1n) is 6.26. The summed E-state index contributed by atoms with van der Waals surface area (Å²) in [6, 6.07) is 0. The molecule has 0 saturated heterocycles. The molecule has 0 N–H and O–H groups in total. The van der Waals surface area contributed by atoms with Crippen molar-refractivity contribution in [3.8, 4) is 0 Å². The average Bonchev–Trinajstić information content (AvgIpc) is 2.21. The Morgan fingerprint density at radius 2 is 1.29 bits per heavy atom. The first-order chi connectivity index (χ1) is 6.62. The van der Waals surface area contributed by atoms with Crippen molar-refractivity contribution < 1.29 is 4.39 Å². The molecule has 0 saturated carbocycles. The smallest absolute Gasteiger partial charge is 0.100 e. The summed E-state index contributed by atoms with van der Waals surface area (Å²) in [5, 5.41) is 0. The van der Waals surface area contributed by atoms with E-state index in [0.29, 0.717) is 12.3 Å². The standard InChI is InChI=1S/C8H17F.C3H8.C2H6/c1-4-7(3)6-8(9)5-2;1-3-2;1-2/h7-8H,4-6H2,1-3H3;3H2,1-2H3;1-2H3. The first-order valence-corrected chi connectivity index (χ1v) is 6.26. The summed E-state index contributed by atoms with van der Waals surface area (Å²) in [6.45, 7) is 14.3. The maximum Gasteiger partial charge on any atom is 0.100 e. The minimum atomic E-state index is -0.569. The Labute approximate surface area is 91.3 Å². The lowest BCUT2D eigenvalue weighted by Crippen LogP contribution is -2.04. The van der Waals surface area contributed by atoms with Crippen LogP contribution >= 0.6 is 0 Å². The second kappa shape index (κ2) is 18.7. The maximum absolute atomic E-state index is 12.6. The van der Waals surface area contributed by atoms with Crippen LogP contribution in [0.5, 0.6) is 0 Å². The van der Waals surface area contributed by atoms with Crippen LogP contribution in [0.15, 0.2) is 0 Å². The second-order valence-corrected chi connectivity index (χ2v) is 3.46. The summed E-state index contributed by atoms with van der Waals surface area (Å²) in [6.07, 6.45) is 3.19. The lowest BCUT2D eigenvalue weighted by Gasteiger charge is -2.09. The van der Waals surface area contributed by atoms with Crippen LogP contribution in [0.4, 0.5) is 4.39 Å². The minimum Gasteiger partial charge on any atom is -0.247 e. The van der Waals surface area contributed by atoms with Gasteiger partial charge in [-0.25, -0.2) is 4.39 Å². The molecule has 0 aliphatic heterocycles. The van der Waals surface area contributed by atoms with Gasteiger partial charge in [0.05, 0.1) is 0 Å². The fourth-order valence-electron chi connectivity index (χ4n) is 0.770. The van der Waals surface area contributed by atoms with Crippen LogP contribution in [-0.4, -0.2) is 6.17 Å². The van der Waals surface area contributed by atoms with E-state index in [1.165, 1.54) is 6.42 Å². The quantitative estimate of drug-likeness (QED) is 0.560. The van der Waals surface area contributed by atoms with Gasteiger partial charge in [0.1, 0.15) is 6.17 Å². The summed E-state index contributed by atoms with van der Waals surface area (Å²) < 4.78 is 12.6. The zero-order valence-electron chi connectivity index (χ0n) is 11.4. The lowest BCUT2D eigenvalue weighted by atomic mass is 10.0. The molecular weight excluding hydrogens is 175 g/mol. The molecule has 0 spiro atoms. The molecule has 0 aromatic heterocycles. The van der Waals surface area contributed by atoms with Crippen molar-refractivity contribution in [3.63, 3.8) is 0 Å². The van der Waals surface area contributed by atoms with E-state index in [2.05, 4.69) is 27.7 Å². The van der Waals surface area contributed by atoms with Gasteiger partial charge >= 0.3 is 0 Å². The van der Waals surface area contributed by atoms with E-state index in [-0.39, 0.29) is 0 Å². The first kappa shape index (κ1) is 19.5. The summed E-state index contributed by atoms with van der Waals surface area (Å²) in [4.78, 5) is 0. The Morgan fingerprint density at radius 1 is 0.929 bits per heavy atom. The molecule has 0 nitrogen and oxygen atoms in total. The highest BCUT2D eigenvalue weighted by Crippen LogP contribution is 2.13. The maximum atomic E-state index is 12.6. The van der Waals surface area contributed by atoms with Crippen molar-refractivity contribution in [2.75, 3.05) is 0 Å². The van der Waals surface area contributed by atoms with Gasteiger partial charge in [0.25, 0.3) is 0 Å². The summed E-state index contributed by atoms with van der Waals surface area (Å²) in [5.41, 5.74) is 0. The van der Waals surface area contributed by atoms with Gasteiger partial charge in [0.2, 0.25) is 0 Å². The second-order valence-electron chi connectivity index (χ2n) is 3.46. The largest absolute Gasteiger partial charge is 0.247 e. The van der Waals surface area contributed by atoms with Gasteiger partial charge in [-0.2, -0.15) is 0 Å². The van der Waals surface area contributed by atoms with E-state index in [1.807, 2.05) is 20.8 Å². The number of halogens is 1. The lowest BCUT2D eigenvalue weighted by molar-refractivity contribution is 0.265. The zero-order chi connectivity index (χ0) is 12.0. The average molecular weight is 206 g/mol. The third kappa shape index (κ3) is 22.7. The van der Waals surface area contributed by atoms with Crippen LogP contribution < -0.4 is 0 Å². The molecule has 0 rings (SSSR count). The van der Waals surface area contributed by atoms with Crippen LogP contribution in [0.3, 0.4) is 0 Å². The zero-order valence-corrected chi connectivity index (χ0v) is 11.4. The van der Waals surface area contributed by atoms with Crippen LogP contribution in [0, 0.1) is 5.92 Å². The Hall–Kier alpha value is -0.0700. The number of alkyl halides is 1. The van der Waals surface area contributed by atoms with Crippen LogP contribution in [0.1, 0.15) is 74.1 Å². The molecule has 0 aromatic rings. The van der Waals surface area contributed by atoms with Crippen molar-refractivity contribution in [1.29, 1.82) is 0 Å². The normalized spacial score (nSPS) is 12.9. The minimum absolute atomic E-state index is 0.556. The topological polar surface area (TPSA) is 0 Å². The SMILES string of the molecule is CC.CCC.CCC(C)CC(F)CC. The van der Waals surface area contributed by atoms with Crippen molar-refractivity contribution >= 4 is 0 Å². The summed E-state index contributed by atoms with van der Waals surface area (Å²) in [7, 11) is 0. The third-order valence-corrected chi connectivity index (χ3v) is 1.80. The fraction of sp³-hybridized carbons (Fsp3) is 1.00. The van der Waals surface area contributed by atoms with Gasteiger partial charge in [-0.05, 0) is 18.8 Å². The van der Waals surface area contributed by atoms with Crippen LogP contribution in [-0.2, 0) is 0 Å². The predicted molar refractivity (Wildman–Crippen MR) is 66.6 cm³/mol. The van der Waals surface area contributed by atoms with Gasteiger partial charge in [0, 0.05) is 0 Å². The van der Waals surface area contributed by atoms with Gasteiger partial charge in [-0.1, -0.05) is 61.3 Å². The molecule has 1 heteroatoms. The fourth-order valence-corrected chi connectivity index (χ4v) is 0.770. The van der Waals surface area contributed by atoms with Crippen LogP contribution in [0.25, 0.3) is 0 Å². The highest BCUT2D eigenvalue weighted by atomic mass is 19.1. The molecule has 0 amide bonds. The van der Waals surface area contributed by atoms with Gasteiger partial charge in [-0.15, -0.1) is 0 Å². The van der Waals surface area contributed by atoms with Gasteiger partial charge in [-0.3, -0.25) is 0 Å². The van der Waals surface area contributed by atoms with Crippen molar-refractivity contribution in [2.45, 2.75) is 80.3 Å². The number of hydrogen-bond acceptors (Lipinski definition) is 0. The van der Waals surface area contributed by atoms with Gasteiger partial charge in [0.15, 0.2) is 0 Å². The van der Waals surface area contributed by atoms with Crippen molar-refractivity contribution in [1.82, 2.24) is 0 Å². The molecule has 0 fully saturated rings. The summed E-state index contributed by atoms with van der Waals surface area (Å²) >= 11 is 0. The molecule has 0 aliphatic rings. The van der Waals surface area contributed by atoms with E-state index >= 15 is 0 Å². The molecular formula is C13H31F. The monoisotopic (exact) mass is 206 g/mol. The van der Waals surface area contributed by atoms with E-state index in [0.717, 1.165) is 12.8 Å². The van der Waals surface area contributed by atoms with E-state index < -0.39 is 6.17 Å². The van der Waals surface area contributed by atoms with E-state index in [4.69, 9.17) is 0 Å². The van der Waals surface area contributed by atoms with E-state index in [9.17, 15) is 4.39 Å². The molecule has 90 valence electrons. The van der Waals surface area contributed by atoms with Crippen molar-refractivity contribution in [2.24, 2.45) is 5.92 Å². The Balaban J connectivity index is -0.000000205. The van der Waals surface area contributed by atoms with E-state index in [1.54, 1.807) is 0 Å². The van der Waals surface area contributed by atoms with Crippen molar-refractivity contribution in [3.05, 3.63) is 0 Å². The Bertz CT molecular complexity index is 63.6. The van der Waals surface area contributed by atoms with Crippen LogP contribution in [0.2, 0.25) is 0 Å².